The van der Waals surface area contributed by atoms with E-state index in [0.29, 0.717) is 53.4 Å². The number of fused-ring (bicyclic) bond motifs is 1. The molecular weight excluding hydrogens is 462 g/mol. The number of halogens is 1. The third kappa shape index (κ3) is 5.36. The van der Waals surface area contributed by atoms with Crippen molar-refractivity contribution in [2.24, 2.45) is 0 Å². The third-order valence-electron chi connectivity index (χ3n) is 5.38. The van der Waals surface area contributed by atoms with Crippen LogP contribution in [-0.4, -0.2) is 57.3 Å². The van der Waals surface area contributed by atoms with Crippen molar-refractivity contribution in [2.45, 2.75) is 32.9 Å². The molecule has 1 saturated heterocycles. The van der Waals surface area contributed by atoms with Gasteiger partial charge in [0, 0.05) is 31.2 Å². The molecule has 0 atom stereocenters. The lowest BCUT2D eigenvalue weighted by atomic mass is 10.2. The van der Waals surface area contributed by atoms with Crippen LogP contribution in [0.15, 0.2) is 41.3 Å². The van der Waals surface area contributed by atoms with Gasteiger partial charge in [-0.2, -0.15) is 0 Å². The predicted molar refractivity (Wildman–Crippen MR) is 132 cm³/mol. The van der Waals surface area contributed by atoms with Crippen LogP contribution in [-0.2, 0) is 11.3 Å². The quantitative estimate of drug-likeness (QED) is 0.557. The van der Waals surface area contributed by atoms with Gasteiger partial charge in [-0.05, 0) is 44.5 Å². The number of nitrogens with one attached hydrogen (secondary N) is 1. The summed E-state index contributed by atoms with van der Waals surface area (Å²) in [6.07, 6.45) is 1.45. The SMILES string of the molecule is CC(C)(C)OC(=O)N1CCN(c2cnc3c(=S)[nH]c(=O)n(Cc4ccc(Cl)cc4)c3c2)CC1. The van der Waals surface area contributed by atoms with Gasteiger partial charge in [0.25, 0.3) is 0 Å². The second-order valence-electron chi connectivity index (χ2n) is 8.99. The van der Waals surface area contributed by atoms with Gasteiger partial charge in [0.05, 0.1) is 23.9 Å². The molecule has 174 valence electrons. The Morgan fingerprint density at radius 1 is 1.18 bits per heavy atom. The van der Waals surface area contributed by atoms with Gasteiger partial charge < -0.3 is 14.5 Å². The van der Waals surface area contributed by atoms with Crippen LogP contribution in [0, 0.1) is 4.64 Å². The lowest BCUT2D eigenvalue weighted by Gasteiger charge is -2.36. The average Bonchev–Trinajstić information content (AvgIpc) is 2.76. The number of piperazine rings is 1. The topological polar surface area (TPSA) is 83.5 Å². The number of nitrogens with zero attached hydrogens (tertiary/aromatic N) is 4. The molecule has 2 aromatic heterocycles. The number of hydrogen-bond donors (Lipinski definition) is 1. The highest BCUT2D eigenvalue weighted by atomic mass is 35.5. The summed E-state index contributed by atoms with van der Waals surface area (Å²) in [5, 5.41) is 0.637. The number of carbonyl (C=O) groups is 1. The zero-order valence-corrected chi connectivity index (χ0v) is 20.4. The Labute approximate surface area is 201 Å². The molecule has 0 radical (unpaired) electrons. The number of carbonyl (C=O) groups excluding carboxylic acids is 1. The van der Waals surface area contributed by atoms with Crippen molar-refractivity contribution >= 4 is 46.6 Å². The summed E-state index contributed by atoms with van der Waals surface area (Å²) in [6.45, 7) is 8.28. The summed E-state index contributed by atoms with van der Waals surface area (Å²) in [5.41, 5.74) is 2.21. The summed E-state index contributed by atoms with van der Waals surface area (Å²) < 4.78 is 7.41. The van der Waals surface area contributed by atoms with E-state index in [0.717, 1.165) is 11.3 Å². The van der Waals surface area contributed by atoms with Gasteiger partial charge in [-0.25, -0.2) is 14.6 Å². The number of benzene rings is 1. The van der Waals surface area contributed by atoms with Crippen molar-refractivity contribution in [2.75, 3.05) is 31.1 Å². The van der Waals surface area contributed by atoms with Crippen molar-refractivity contribution in [1.82, 2.24) is 19.4 Å². The van der Waals surface area contributed by atoms with Gasteiger partial charge in [0.15, 0.2) is 0 Å². The maximum Gasteiger partial charge on any atom is 0.410 e. The molecule has 33 heavy (non-hydrogen) atoms. The maximum absolute atomic E-state index is 12.8. The van der Waals surface area contributed by atoms with E-state index in [1.807, 2.05) is 39.0 Å². The van der Waals surface area contributed by atoms with Crippen molar-refractivity contribution in [1.29, 1.82) is 0 Å². The van der Waals surface area contributed by atoms with Gasteiger partial charge in [-0.3, -0.25) is 9.55 Å². The van der Waals surface area contributed by atoms with Crippen LogP contribution in [0.5, 0.6) is 0 Å². The van der Waals surface area contributed by atoms with Gasteiger partial charge in [-0.15, -0.1) is 0 Å². The minimum absolute atomic E-state index is 0.295. The molecule has 3 aromatic rings. The van der Waals surface area contributed by atoms with Crippen molar-refractivity contribution in [3.63, 3.8) is 0 Å². The van der Waals surface area contributed by atoms with Gasteiger partial charge in [0.1, 0.15) is 15.8 Å². The fraction of sp³-hybridized carbons (Fsp3) is 0.391. The Bertz CT molecular complexity index is 1290. The Morgan fingerprint density at radius 2 is 1.85 bits per heavy atom. The van der Waals surface area contributed by atoms with Crippen LogP contribution in [0.2, 0.25) is 5.02 Å². The van der Waals surface area contributed by atoms with Gasteiger partial charge in [-0.1, -0.05) is 36.0 Å². The van der Waals surface area contributed by atoms with E-state index in [-0.39, 0.29) is 11.8 Å². The van der Waals surface area contributed by atoms with Crippen LogP contribution >= 0.6 is 23.8 Å². The normalized spacial score (nSPS) is 14.5. The molecule has 1 N–H and O–H groups in total. The van der Waals surface area contributed by atoms with E-state index >= 15 is 0 Å². The van der Waals surface area contributed by atoms with Crippen molar-refractivity contribution < 1.29 is 9.53 Å². The fourth-order valence-electron chi connectivity index (χ4n) is 3.73. The highest BCUT2D eigenvalue weighted by Gasteiger charge is 2.26. The van der Waals surface area contributed by atoms with E-state index in [1.165, 1.54) is 0 Å². The molecule has 1 fully saturated rings. The average molecular weight is 488 g/mol. The van der Waals surface area contributed by atoms with E-state index in [2.05, 4.69) is 14.9 Å². The van der Waals surface area contributed by atoms with Crippen molar-refractivity contribution in [3.05, 3.63) is 62.2 Å². The Balaban J connectivity index is 1.60. The molecule has 10 heteroatoms. The van der Waals surface area contributed by atoms with E-state index in [4.69, 9.17) is 28.6 Å². The molecule has 1 amide bonds. The van der Waals surface area contributed by atoms with E-state index < -0.39 is 5.60 Å². The zero-order chi connectivity index (χ0) is 23.8. The molecule has 0 spiro atoms. The molecule has 0 bridgehead atoms. The monoisotopic (exact) mass is 487 g/mol. The van der Waals surface area contributed by atoms with Crippen molar-refractivity contribution in [3.8, 4) is 0 Å². The first-order valence-corrected chi connectivity index (χ1v) is 11.5. The number of amides is 1. The minimum atomic E-state index is -0.525. The predicted octanol–water partition coefficient (Wildman–Crippen LogP) is 4.21. The first kappa shape index (κ1) is 23.3. The molecule has 0 aliphatic carbocycles. The van der Waals surface area contributed by atoms with Crippen LogP contribution in [0.4, 0.5) is 10.5 Å². The molecule has 3 heterocycles. The minimum Gasteiger partial charge on any atom is -0.444 e. The number of ether oxygens (including phenoxy) is 1. The lowest BCUT2D eigenvalue weighted by molar-refractivity contribution is 0.0240. The first-order chi connectivity index (χ1) is 15.6. The molecule has 1 aliphatic heterocycles. The summed E-state index contributed by atoms with van der Waals surface area (Å²) in [5.74, 6) is 0. The Morgan fingerprint density at radius 3 is 2.48 bits per heavy atom. The summed E-state index contributed by atoms with van der Waals surface area (Å²) in [4.78, 5) is 36.2. The highest BCUT2D eigenvalue weighted by Crippen LogP contribution is 2.22. The largest absolute Gasteiger partial charge is 0.444 e. The second kappa shape index (κ2) is 9.15. The first-order valence-electron chi connectivity index (χ1n) is 10.7. The van der Waals surface area contributed by atoms with Crippen LogP contribution in [0.3, 0.4) is 0 Å². The number of pyridine rings is 1. The Hall–Kier alpha value is -2.91. The van der Waals surface area contributed by atoms with Crippen LogP contribution in [0.25, 0.3) is 11.0 Å². The molecule has 1 aromatic carbocycles. The maximum atomic E-state index is 12.8. The highest BCUT2D eigenvalue weighted by molar-refractivity contribution is 7.71. The van der Waals surface area contributed by atoms with Crippen LogP contribution < -0.4 is 10.6 Å². The van der Waals surface area contributed by atoms with Crippen LogP contribution in [0.1, 0.15) is 26.3 Å². The third-order valence-corrected chi connectivity index (χ3v) is 5.92. The Kier molecular flexibility index (Phi) is 6.45. The summed E-state index contributed by atoms with van der Waals surface area (Å²) in [7, 11) is 0. The number of aromatic amines is 1. The number of anilines is 1. The molecule has 4 rings (SSSR count). The molecule has 8 nitrogen and oxygen atoms in total. The number of rotatable bonds is 3. The zero-order valence-electron chi connectivity index (χ0n) is 18.8. The molecule has 1 aliphatic rings. The summed E-state index contributed by atoms with van der Waals surface area (Å²) >= 11 is 11.3. The second-order valence-corrected chi connectivity index (χ2v) is 9.83. The smallest absolute Gasteiger partial charge is 0.410 e. The lowest BCUT2D eigenvalue weighted by Crippen LogP contribution is -2.50. The molecular formula is C23H26ClN5O3S. The number of aromatic nitrogens is 3. The van der Waals surface area contributed by atoms with E-state index in [9.17, 15) is 9.59 Å². The number of hydrogen-bond acceptors (Lipinski definition) is 6. The standard InChI is InChI=1S/C23H26ClN5O3S/c1-23(2,3)32-22(31)28-10-8-27(9-11-28)17-12-18-19(25-13-17)20(33)26-21(30)29(18)14-15-4-6-16(24)7-5-15/h4-7,12-13H,8-11,14H2,1-3H3,(H,26,30,33). The summed E-state index contributed by atoms with van der Waals surface area (Å²) in [6, 6.07) is 9.30. The fourth-order valence-corrected chi connectivity index (χ4v) is 4.10. The molecule has 0 saturated carbocycles. The van der Waals surface area contributed by atoms with Gasteiger partial charge in [0.2, 0.25) is 0 Å². The van der Waals surface area contributed by atoms with E-state index in [1.54, 1.807) is 27.8 Å². The van der Waals surface area contributed by atoms with Gasteiger partial charge >= 0.3 is 11.8 Å². The number of H-pyrrole nitrogens is 1. The molecule has 0 unspecified atom stereocenters.